The third kappa shape index (κ3) is 18.9. The molecule has 0 aromatic heterocycles. The van der Waals surface area contributed by atoms with Crippen molar-refractivity contribution in [1.29, 1.82) is 0 Å². The SMILES string of the molecule is CCCCCCCCCC/C=C/[C@@H](O)[C@H](CO)NC(=O)CCCCCCCCC. The fourth-order valence-electron chi connectivity index (χ4n) is 3.53. The zero-order valence-electron chi connectivity index (χ0n) is 19.3. The lowest BCUT2D eigenvalue weighted by molar-refractivity contribution is -0.123. The van der Waals surface area contributed by atoms with Gasteiger partial charge in [0.1, 0.15) is 0 Å². The van der Waals surface area contributed by atoms with Gasteiger partial charge in [-0.3, -0.25) is 4.79 Å². The Morgan fingerprint density at radius 3 is 1.79 bits per heavy atom. The van der Waals surface area contributed by atoms with Crippen LogP contribution < -0.4 is 5.32 Å². The predicted octanol–water partition coefficient (Wildman–Crippen LogP) is 6.05. The molecule has 0 spiro atoms. The van der Waals surface area contributed by atoms with Crippen molar-refractivity contribution >= 4 is 5.91 Å². The molecule has 0 radical (unpaired) electrons. The molecule has 0 saturated heterocycles. The summed E-state index contributed by atoms with van der Waals surface area (Å²) in [5, 5.41) is 22.5. The lowest BCUT2D eigenvalue weighted by Gasteiger charge is -2.20. The van der Waals surface area contributed by atoms with E-state index in [4.69, 9.17) is 0 Å². The largest absolute Gasteiger partial charge is 0.394 e. The number of aliphatic hydroxyl groups is 2. The average Bonchev–Trinajstić information content (AvgIpc) is 2.72. The first kappa shape index (κ1) is 28.1. The van der Waals surface area contributed by atoms with E-state index in [2.05, 4.69) is 19.2 Å². The molecule has 0 aliphatic rings. The number of hydrogen-bond acceptors (Lipinski definition) is 3. The monoisotopic (exact) mass is 411 g/mol. The standard InChI is InChI=1S/C25H49NO3/c1-3-5-7-9-11-12-13-15-16-18-20-24(28)23(22-27)26-25(29)21-19-17-14-10-8-6-4-2/h18,20,23-24,27-28H,3-17,19,21-22H2,1-2H3,(H,26,29)/b20-18+/t23-,24+/m0/s1. The van der Waals surface area contributed by atoms with Crippen molar-refractivity contribution in [3.63, 3.8) is 0 Å². The van der Waals surface area contributed by atoms with Crippen LogP contribution >= 0.6 is 0 Å². The topological polar surface area (TPSA) is 69.6 Å². The highest BCUT2D eigenvalue weighted by molar-refractivity contribution is 5.76. The number of aliphatic hydroxyl groups excluding tert-OH is 2. The molecule has 4 heteroatoms. The summed E-state index contributed by atoms with van der Waals surface area (Å²) in [5.74, 6) is -0.0758. The lowest BCUT2D eigenvalue weighted by atomic mass is 10.1. The molecule has 4 nitrogen and oxygen atoms in total. The summed E-state index contributed by atoms with van der Waals surface area (Å²) in [7, 11) is 0. The highest BCUT2D eigenvalue weighted by Crippen LogP contribution is 2.11. The maximum absolute atomic E-state index is 12.0. The minimum atomic E-state index is -0.827. The van der Waals surface area contributed by atoms with Crippen LogP contribution in [0.2, 0.25) is 0 Å². The molecule has 0 fully saturated rings. The van der Waals surface area contributed by atoms with Gasteiger partial charge in [-0.25, -0.2) is 0 Å². The van der Waals surface area contributed by atoms with Crippen LogP contribution in [-0.4, -0.2) is 34.9 Å². The molecule has 172 valence electrons. The molecular weight excluding hydrogens is 362 g/mol. The van der Waals surface area contributed by atoms with Gasteiger partial charge in [0.15, 0.2) is 0 Å². The van der Waals surface area contributed by atoms with Gasteiger partial charge in [0.2, 0.25) is 5.91 Å². The van der Waals surface area contributed by atoms with Gasteiger partial charge in [-0.05, 0) is 19.3 Å². The minimum absolute atomic E-state index is 0.0758. The van der Waals surface area contributed by atoms with Gasteiger partial charge in [-0.2, -0.15) is 0 Å². The van der Waals surface area contributed by atoms with Gasteiger partial charge in [-0.1, -0.05) is 109 Å². The summed E-state index contributed by atoms with van der Waals surface area (Å²) in [6.07, 6.45) is 22.8. The van der Waals surface area contributed by atoms with Crippen molar-refractivity contribution in [2.75, 3.05) is 6.61 Å². The Morgan fingerprint density at radius 1 is 0.793 bits per heavy atom. The van der Waals surface area contributed by atoms with Gasteiger partial charge in [0.25, 0.3) is 0 Å². The summed E-state index contributed by atoms with van der Waals surface area (Å²) in [4.78, 5) is 12.0. The molecule has 0 rings (SSSR count). The molecule has 0 aromatic rings. The van der Waals surface area contributed by atoms with Crippen LogP contribution in [0.5, 0.6) is 0 Å². The number of rotatable bonds is 21. The van der Waals surface area contributed by atoms with E-state index in [0.29, 0.717) is 6.42 Å². The van der Waals surface area contributed by atoms with E-state index in [1.54, 1.807) is 6.08 Å². The molecular formula is C25H49NO3. The third-order valence-corrected chi connectivity index (χ3v) is 5.52. The molecule has 0 heterocycles. The normalized spacial score (nSPS) is 13.7. The van der Waals surface area contributed by atoms with Crippen LogP contribution in [0.25, 0.3) is 0 Å². The van der Waals surface area contributed by atoms with Crippen LogP contribution in [0.3, 0.4) is 0 Å². The molecule has 0 aromatic carbocycles. The number of amides is 1. The van der Waals surface area contributed by atoms with Crippen molar-refractivity contribution in [2.24, 2.45) is 0 Å². The first-order chi connectivity index (χ1) is 14.2. The second-order valence-corrected chi connectivity index (χ2v) is 8.41. The van der Waals surface area contributed by atoms with Crippen molar-refractivity contribution < 1.29 is 15.0 Å². The predicted molar refractivity (Wildman–Crippen MR) is 124 cm³/mol. The van der Waals surface area contributed by atoms with E-state index in [1.165, 1.54) is 77.0 Å². The molecule has 0 bridgehead atoms. The Balaban J connectivity index is 3.77. The van der Waals surface area contributed by atoms with Crippen molar-refractivity contribution in [1.82, 2.24) is 5.32 Å². The summed E-state index contributed by atoms with van der Waals surface area (Å²) in [5.41, 5.74) is 0. The van der Waals surface area contributed by atoms with E-state index < -0.39 is 12.1 Å². The molecule has 0 unspecified atom stereocenters. The number of carbonyl (C=O) groups excluding carboxylic acids is 1. The first-order valence-corrected chi connectivity index (χ1v) is 12.4. The van der Waals surface area contributed by atoms with Crippen molar-refractivity contribution in [3.05, 3.63) is 12.2 Å². The second-order valence-electron chi connectivity index (χ2n) is 8.41. The summed E-state index contributed by atoms with van der Waals surface area (Å²) in [6, 6.07) is -0.609. The zero-order chi connectivity index (χ0) is 21.6. The molecule has 1 amide bonds. The van der Waals surface area contributed by atoms with Crippen LogP contribution in [-0.2, 0) is 4.79 Å². The van der Waals surface area contributed by atoms with Gasteiger partial charge < -0.3 is 15.5 Å². The Kier molecular flexibility index (Phi) is 21.2. The quantitative estimate of drug-likeness (QED) is 0.159. The maximum Gasteiger partial charge on any atom is 0.220 e. The highest BCUT2D eigenvalue weighted by Gasteiger charge is 2.17. The highest BCUT2D eigenvalue weighted by atomic mass is 16.3. The Hall–Kier alpha value is -0.870. The fraction of sp³-hybridized carbons (Fsp3) is 0.880. The van der Waals surface area contributed by atoms with E-state index in [1.807, 2.05) is 6.08 Å². The third-order valence-electron chi connectivity index (χ3n) is 5.52. The van der Waals surface area contributed by atoms with E-state index in [-0.39, 0.29) is 12.5 Å². The van der Waals surface area contributed by atoms with Crippen LogP contribution in [0.1, 0.15) is 123 Å². The Labute approximate surface area is 180 Å². The van der Waals surface area contributed by atoms with E-state index in [0.717, 1.165) is 25.7 Å². The smallest absolute Gasteiger partial charge is 0.220 e. The molecule has 0 aliphatic carbocycles. The summed E-state index contributed by atoms with van der Waals surface area (Å²) >= 11 is 0. The maximum atomic E-state index is 12.0. The lowest BCUT2D eigenvalue weighted by Crippen LogP contribution is -2.45. The molecule has 0 aliphatic heterocycles. The zero-order valence-corrected chi connectivity index (χ0v) is 19.3. The van der Waals surface area contributed by atoms with Crippen molar-refractivity contribution in [2.45, 2.75) is 135 Å². The molecule has 29 heavy (non-hydrogen) atoms. The molecule has 3 N–H and O–H groups in total. The number of carbonyl (C=O) groups is 1. The second kappa shape index (κ2) is 21.8. The van der Waals surface area contributed by atoms with Gasteiger partial charge in [-0.15, -0.1) is 0 Å². The van der Waals surface area contributed by atoms with Gasteiger partial charge in [0, 0.05) is 6.42 Å². The van der Waals surface area contributed by atoms with Gasteiger partial charge in [0.05, 0.1) is 18.8 Å². The number of unbranched alkanes of at least 4 members (excludes halogenated alkanes) is 14. The van der Waals surface area contributed by atoms with E-state index in [9.17, 15) is 15.0 Å². The van der Waals surface area contributed by atoms with Crippen LogP contribution in [0.4, 0.5) is 0 Å². The number of allylic oxidation sites excluding steroid dienone is 1. The average molecular weight is 412 g/mol. The molecule has 2 atom stereocenters. The fourth-order valence-corrected chi connectivity index (χ4v) is 3.53. The number of hydrogen-bond donors (Lipinski definition) is 3. The van der Waals surface area contributed by atoms with Crippen LogP contribution in [0, 0.1) is 0 Å². The summed E-state index contributed by atoms with van der Waals surface area (Å²) < 4.78 is 0. The Morgan fingerprint density at radius 2 is 1.28 bits per heavy atom. The minimum Gasteiger partial charge on any atom is -0.394 e. The number of nitrogens with one attached hydrogen (secondary N) is 1. The van der Waals surface area contributed by atoms with Gasteiger partial charge >= 0.3 is 0 Å². The van der Waals surface area contributed by atoms with Crippen molar-refractivity contribution in [3.8, 4) is 0 Å². The van der Waals surface area contributed by atoms with Crippen LogP contribution in [0.15, 0.2) is 12.2 Å². The summed E-state index contributed by atoms with van der Waals surface area (Å²) in [6.45, 7) is 4.21. The first-order valence-electron chi connectivity index (χ1n) is 12.4. The Bertz CT molecular complexity index is 384. The molecule has 0 saturated carbocycles. The van der Waals surface area contributed by atoms with E-state index >= 15 is 0 Å².